The predicted molar refractivity (Wildman–Crippen MR) is 103 cm³/mol. The van der Waals surface area contributed by atoms with Crippen LogP contribution < -0.4 is 5.73 Å². The quantitative estimate of drug-likeness (QED) is 0.519. The first-order chi connectivity index (χ1) is 12.9. The van der Waals surface area contributed by atoms with E-state index in [4.69, 9.17) is 10.5 Å². The Hall–Kier alpha value is -2.96. The van der Waals surface area contributed by atoms with E-state index in [1.807, 2.05) is 0 Å². The summed E-state index contributed by atoms with van der Waals surface area (Å²) in [6.45, 7) is 6.87. The van der Waals surface area contributed by atoms with Gasteiger partial charge in [-0.25, -0.2) is 9.36 Å². The molecule has 0 aliphatic carbocycles. The molecule has 0 aliphatic heterocycles. The van der Waals surface area contributed by atoms with Gasteiger partial charge in [-0.2, -0.15) is 13.2 Å². The Kier molecular flexibility index (Phi) is 4.65. The van der Waals surface area contributed by atoms with Gasteiger partial charge in [-0.05, 0) is 57.5 Å². The number of anilines is 1. The van der Waals surface area contributed by atoms with Crippen LogP contribution in [0.5, 0.6) is 0 Å². The first-order valence-corrected chi connectivity index (χ1v) is 8.70. The highest BCUT2D eigenvalue weighted by Gasteiger charge is 2.35. The van der Waals surface area contributed by atoms with Crippen LogP contribution in [0.2, 0.25) is 0 Å². The third-order valence-electron chi connectivity index (χ3n) is 4.27. The number of carbonyl (C=O) groups is 1. The third kappa shape index (κ3) is 3.69. The van der Waals surface area contributed by atoms with Crippen LogP contribution in [0, 0.1) is 6.92 Å². The predicted octanol–water partition coefficient (Wildman–Crippen LogP) is 6.00. The number of nitrogen functional groups attached to an aromatic ring is 1. The molecule has 4 nitrogen and oxygen atoms in total. The molecule has 2 N–H and O–H groups in total. The van der Waals surface area contributed by atoms with Crippen LogP contribution in [0.4, 0.5) is 23.7 Å². The molecule has 0 spiro atoms. The lowest BCUT2D eigenvalue weighted by Gasteiger charge is -2.21. The maximum Gasteiger partial charge on any atom is 0.419 e. The summed E-state index contributed by atoms with van der Waals surface area (Å²) >= 11 is 0. The summed E-state index contributed by atoms with van der Waals surface area (Å²) in [5.41, 5.74) is 5.94. The lowest BCUT2D eigenvalue weighted by Crippen LogP contribution is -2.27. The fraction of sp³-hybridized carbons (Fsp3) is 0.286. The lowest BCUT2D eigenvalue weighted by atomic mass is 10.0. The topological polar surface area (TPSA) is 57.2 Å². The Labute approximate surface area is 160 Å². The van der Waals surface area contributed by atoms with Crippen LogP contribution in [0.1, 0.15) is 31.9 Å². The molecule has 0 atom stereocenters. The second-order valence-electron chi connectivity index (χ2n) is 7.66. The molecule has 0 fully saturated rings. The molecule has 2 aromatic carbocycles. The van der Waals surface area contributed by atoms with Gasteiger partial charge in [0.2, 0.25) is 0 Å². The Balaban J connectivity index is 2.35. The molecule has 28 heavy (non-hydrogen) atoms. The van der Waals surface area contributed by atoms with E-state index in [1.165, 1.54) is 18.2 Å². The number of aryl methyl sites for hydroxylation is 1. The maximum atomic E-state index is 13.6. The zero-order chi connectivity index (χ0) is 20.9. The van der Waals surface area contributed by atoms with Gasteiger partial charge in [-0.1, -0.05) is 18.2 Å². The van der Waals surface area contributed by atoms with E-state index in [0.717, 1.165) is 16.2 Å². The number of alkyl halides is 3. The van der Waals surface area contributed by atoms with Crippen molar-refractivity contribution in [2.75, 3.05) is 5.73 Å². The summed E-state index contributed by atoms with van der Waals surface area (Å²) in [6, 6.07) is 10.0. The van der Waals surface area contributed by atoms with Crippen LogP contribution in [0.3, 0.4) is 0 Å². The standard InChI is InChI=1S/C21H21F3N2O2/c1-12-9-13-10-18(14-7-5-6-8-15(14)21(22,23)24)26(17(13)11-16(12)25)19(27)28-20(2,3)4/h5-11H,25H2,1-4H3. The Bertz CT molecular complexity index is 1060. The normalized spacial score (nSPS) is 12.4. The molecule has 0 unspecified atom stereocenters. The van der Waals surface area contributed by atoms with Gasteiger partial charge in [0, 0.05) is 16.6 Å². The van der Waals surface area contributed by atoms with Crippen molar-refractivity contribution < 1.29 is 22.7 Å². The molecule has 3 aromatic rings. The number of hydrogen-bond donors (Lipinski definition) is 1. The Morgan fingerprint density at radius 2 is 1.71 bits per heavy atom. The fourth-order valence-electron chi connectivity index (χ4n) is 3.04. The number of ether oxygens (including phenoxy) is 1. The summed E-state index contributed by atoms with van der Waals surface area (Å²) in [5, 5.41) is 0.601. The molecule has 0 bridgehead atoms. The van der Waals surface area contributed by atoms with E-state index in [2.05, 4.69) is 0 Å². The summed E-state index contributed by atoms with van der Waals surface area (Å²) in [5.74, 6) is 0. The van der Waals surface area contributed by atoms with Crippen molar-refractivity contribution in [3.8, 4) is 11.3 Å². The average Bonchev–Trinajstić information content (AvgIpc) is 2.91. The molecule has 0 aliphatic rings. The van der Waals surface area contributed by atoms with Gasteiger partial charge in [0.05, 0.1) is 16.8 Å². The summed E-state index contributed by atoms with van der Waals surface area (Å²) < 4.78 is 47.3. The first kappa shape index (κ1) is 19.8. The second-order valence-corrected chi connectivity index (χ2v) is 7.66. The molecule has 3 rings (SSSR count). The van der Waals surface area contributed by atoms with Gasteiger partial charge >= 0.3 is 12.3 Å². The molecule has 1 heterocycles. The monoisotopic (exact) mass is 390 g/mol. The van der Waals surface area contributed by atoms with Crippen LogP contribution in [0.25, 0.3) is 22.2 Å². The SMILES string of the molecule is Cc1cc2cc(-c3ccccc3C(F)(F)F)n(C(=O)OC(C)(C)C)c2cc1N. The summed E-state index contributed by atoms with van der Waals surface area (Å²) in [6.07, 6.45) is -5.33. The molecule has 0 amide bonds. The van der Waals surface area contributed by atoms with Gasteiger partial charge < -0.3 is 10.5 Å². The molecular weight excluding hydrogens is 369 g/mol. The number of rotatable bonds is 1. The van der Waals surface area contributed by atoms with E-state index >= 15 is 0 Å². The van der Waals surface area contributed by atoms with Crippen molar-refractivity contribution in [3.05, 3.63) is 53.6 Å². The third-order valence-corrected chi connectivity index (χ3v) is 4.27. The lowest BCUT2D eigenvalue weighted by molar-refractivity contribution is -0.137. The van der Waals surface area contributed by atoms with Crippen molar-refractivity contribution in [3.63, 3.8) is 0 Å². The van der Waals surface area contributed by atoms with Gasteiger partial charge in [-0.15, -0.1) is 0 Å². The zero-order valence-corrected chi connectivity index (χ0v) is 16.0. The molecule has 0 radical (unpaired) electrons. The molecule has 148 valence electrons. The van der Waals surface area contributed by atoms with Crippen LogP contribution in [-0.2, 0) is 10.9 Å². The van der Waals surface area contributed by atoms with E-state index < -0.39 is 23.4 Å². The summed E-state index contributed by atoms with van der Waals surface area (Å²) in [4.78, 5) is 12.9. The van der Waals surface area contributed by atoms with Gasteiger partial charge in [0.15, 0.2) is 0 Å². The number of nitrogens with zero attached hydrogens (tertiary/aromatic N) is 1. The molecule has 7 heteroatoms. The molecule has 0 saturated heterocycles. The Morgan fingerprint density at radius 3 is 2.32 bits per heavy atom. The van der Waals surface area contributed by atoms with Crippen molar-refractivity contribution in [1.29, 1.82) is 0 Å². The number of aromatic nitrogens is 1. The van der Waals surface area contributed by atoms with Crippen molar-refractivity contribution in [2.45, 2.75) is 39.5 Å². The average molecular weight is 390 g/mol. The minimum absolute atomic E-state index is 0.0992. The van der Waals surface area contributed by atoms with E-state index in [0.29, 0.717) is 16.6 Å². The van der Waals surface area contributed by atoms with Gasteiger partial charge in [0.1, 0.15) is 5.60 Å². The van der Waals surface area contributed by atoms with Crippen molar-refractivity contribution >= 4 is 22.7 Å². The highest BCUT2D eigenvalue weighted by atomic mass is 19.4. The number of benzene rings is 2. The minimum atomic E-state index is -4.57. The number of carbonyl (C=O) groups excluding carboxylic acids is 1. The highest BCUT2D eigenvalue weighted by Crippen LogP contribution is 2.39. The maximum absolute atomic E-state index is 13.6. The highest BCUT2D eigenvalue weighted by molar-refractivity contribution is 5.98. The number of fused-ring (bicyclic) bond motifs is 1. The van der Waals surface area contributed by atoms with E-state index in [-0.39, 0.29) is 11.3 Å². The fourth-order valence-corrected chi connectivity index (χ4v) is 3.04. The number of nitrogens with two attached hydrogens (primary N) is 1. The van der Waals surface area contributed by atoms with Gasteiger partial charge in [0.25, 0.3) is 0 Å². The summed E-state index contributed by atoms with van der Waals surface area (Å²) in [7, 11) is 0. The van der Waals surface area contributed by atoms with E-state index in [9.17, 15) is 18.0 Å². The van der Waals surface area contributed by atoms with Crippen LogP contribution in [0.15, 0.2) is 42.5 Å². The minimum Gasteiger partial charge on any atom is -0.443 e. The van der Waals surface area contributed by atoms with Crippen LogP contribution in [-0.4, -0.2) is 16.3 Å². The van der Waals surface area contributed by atoms with Crippen molar-refractivity contribution in [2.24, 2.45) is 0 Å². The van der Waals surface area contributed by atoms with Crippen molar-refractivity contribution in [1.82, 2.24) is 4.57 Å². The molecular formula is C21H21F3N2O2. The van der Waals surface area contributed by atoms with Gasteiger partial charge in [-0.3, -0.25) is 0 Å². The number of hydrogen-bond acceptors (Lipinski definition) is 3. The second kappa shape index (κ2) is 6.58. The first-order valence-electron chi connectivity index (χ1n) is 8.70. The molecule has 1 aromatic heterocycles. The van der Waals surface area contributed by atoms with Crippen LogP contribution >= 0.6 is 0 Å². The van der Waals surface area contributed by atoms with E-state index in [1.54, 1.807) is 45.9 Å². The largest absolute Gasteiger partial charge is 0.443 e. The smallest absolute Gasteiger partial charge is 0.419 e. The number of halogens is 3. The zero-order valence-electron chi connectivity index (χ0n) is 16.0. The molecule has 0 saturated carbocycles. The Morgan fingerprint density at radius 1 is 1.07 bits per heavy atom.